The van der Waals surface area contributed by atoms with Crippen molar-refractivity contribution in [1.29, 1.82) is 0 Å². The first-order valence-corrected chi connectivity index (χ1v) is 32.4. The van der Waals surface area contributed by atoms with E-state index in [0.29, 0.717) is 6.42 Å². The maximum atomic E-state index is 5.29. The Balaban J connectivity index is 0.863. The van der Waals surface area contributed by atoms with Gasteiger partial charge in [0.2, 0.25) is 0 Å². The molecule has 0 saturated heterocycles. The number of aromatic nitrogens is 2. The van der Waals surface area contributed by atoms with Crippen molar-refractivity contribution < 1.29 is 0 Å². The van der Waals surface area contributed by atoms with E-state index in [9.17, 15) is 0 Å². The topological polar surface area (TPSA) is 27.5 Å². The molecular weight excluding hydrogens is 1140 g/mol. The average molecular weight is 1200 g/mol. The minimum absolute atomic E-state index is 0.134. The minimum atomic E-state index is -0.134. The van der Waals surface area contributed by atoms with E-state index in [4.69, 9.17) is 4.98 Å². The van der Waals surface area contributed by atoms with Gasteiger partial charge in [-0.15, -0.1) is 0 Å². The van der Waals surface area contributed by atoms with E-state index in [2.05, 4.69) is 371 Å². The van der Waals surface area contributed by atoms with Crippen molar-refractivity contribution in [2.45, 2.75) is 12.5 Å². The Morgan fingerprint density at radius 2 is 0.606 bits per heavy atom. The third-order valence-electron chi connectivity index (χ3n) is 19.1. The summed E-state index contributed by atoms with van der Waals surface area (Å²) in [6, 6.07) is 120. The predicted octanol–water partition coefficient (Wildman–Crippen LogP) is 24.3. The molecule has 0 radical (unpaired) electrons. The number of pyridine rings is 1. The third-order valence-corrected chi connectivity index (χ3v) is 19.1. The normalized spacial score (nSPS) is 13.3. The van der Waals surface area contributed by atoms with Crippen molar-refractivity contribution in [2.24, 2.45) is 0 Å². The molecule has 0 spiro atoms. The van der Waals surface area contributed by atoms with E-state index < -0.39 is 0 Å². The van der Waals surface area contributed by atoms with E-state index in [1.165, 1.54) is 81.0 Å². The van der Waals surface area contributed by atoms with Gasteiger partial charge in [-0.1, -0.05) is 218 Å². The second-order valence-corrected chi connectivity index (χ2v) is 24.8. The van der Waals surface area contributed by atoms with Crippen LogP contribution in [0.5, 0.6) is 0 Å². The highest BCUT2D eigenvalue weighted by atomic mass is 15.2. The number of nitrogens with zero attached hydrogens (tertiary/aromatic N) is 5. The predicted molar refractivity (Wildman–Crippen MR) is 399 cm³/mol. The van der Waals surface area contributed by atoms with Gasteiger partial charge in [0.15, 0.2) is 0 Å². The molecule has 1 unspecified atom stereocenters. The second kappa shape index (κ2) is 22.9. The quantitative estimate of drug-likeness (QED) is 0.122. The molecule has 0 N–H and O–H groups in total. The molecule has 0 aliphatic heterocycles. The fraction of sp³-hybridized carbons (Fsp3) is 0.0225. The molecule has 0 bridgehead atoms. The van der Waals surface area contributed by atoms with Gasteiger partial charge in [-0.3, -0.25) is 4.98 Å². The summed E-state index contributed by atoms with van der Waals surface area (Å²) in [5.41, 5.74) is 16.2. The van der Waals surface area contributed by atoms with Gasteiger partial charge in [0.1, 0.15) is 0 Å². The molecule has 2 aromatic heterocycles. The number of benzene rings is 15. The fourth-order valence-electron chi connectivity index (χ4n) is 14.6. The SMILES string of the molecule is C1=C(c2cncc(-c3cc(N(c4ccc5ccccc5c4)c4ccc5ccccc5c4)cc(N(c4ccc5ccccc5c4)c4ccc5ccccc5c4)c3)c2)CC(N(c2ccc3ccccc3c2)c2ccc3ccccc3c2)C=C1n1c2ccccc2c2ccccc21. The Morgan fingerprint density at radius 3 is 1.00 bits per heavy atom. The number of hydrogen-bond donors (Lipinski definition) is 0. The molecule has 1 atom stereocenters. The van der Waals surface area contributed by atoms with Crippen molar-refractivity contribution >= 4 is 143 Å². The minimum Gasteiger partial charge on any atom is -0.334 e. The highest BCUT2D eigenvalue weighted by Gasteiger charge is 2.29. The van der Waals surface area contributed by atoms with Gasteiger partial charge in [-0.25, -0.2) is 0 Å². The Kier molecular flexibility index (Phi) is 13.3. The van der Waals surface area contributed by atoms with Crippen LogP contribution in [0.1, 0.15) is 12.0 Å². The van der Waals surface area contributed by atoms with Crippen LogP contribution in [0.25, 0.3) is 109 Å². The summed E-state index contributed by atoms with van der Waals surface area (Å²) < 4.78 is 2.48. The summed E-state index contributed by atoms with van der Waals surface area (Å²) in [6.45, 7) is 0. The standard InChI is InChI=1S/C89H61N5/c1-7-23-66-46-76(39-33-60(66)17-1)91(77-40-34-61-18-2-8-24-67(61)47-77)82-52-72(53-83(56-82)92(78-41-35-62-19-3-9-25-68(62)48-78)79-42-36-63-20-4-10-26-69(63)49-79)74-45-75(59-90-58-74)73-54-84(57-85(55-73)94-88-31-15-13-29-86(88)87-30-14-16-32-89(87)94)93(80-43-37-64-21-5-11-27-70(64)50-80)81-44-38-65-22-6-12-28-71(65)51-81/h1-53,55-59,84H,54H2. The summed E-state index contributed by atoms with van der Waals surface area (Å²) in [5, 5.41) is 16.7. The summed E-state index contributed by atoms with van der Waals surface area (Å²) in [7, 11) is 0. The lowest BCUT2D eigenvalue weighted by Crippen LogP contribution is -2.31. The van der Waals surface area contributed by atoms with Gasteiger partial charge in [0, 0.05) is 79.9 Å². The van der Waals surface area contributed by atoms with Gasteiger partial charge in [0.05, 0.1) is 17.1 Å². The van der Waals surface area contributed by atoms with Gasteiger partial charge in [-0.2, -0.15) is 0 Å². The van der Waals surface area contributed by atoms with Crippen LogP contribution in [-0.4, -0.2) is 15.6 Å². The molecule has 18 rings (SSSR count). The molecule has 5 nitrogen and oxygen atoms in total. The Hall–Kier alpha value is -12.3. The first-order chi connectivity index (χ1) is 46.5. The highest BCUT2D eigenvalue weighted by molar-refractivity contribution is 6.11. The van der Waals surface area contributed by atoms with Crippen LogP contribution in [0.4, 0.5) is 45.5 Å². The van der Waals surface area contributed by atoms with Gasteiger partial charge >= 0.3 is 0 Å². The van der Waals surface area contributed by atoms with Crippen LogP contribution in [0.3, 0.4) is 0 Å². The number of fused-ring (bicyclic) bond motifs is 9. The molecule has 17 aromatic rings. The third kappa shape index (κ3) is 9.86. The molecular formula is C89H61N5. The molecule has 15 aromatic carbocycles. The number of allylic oxidation sites excluding steroid dienone is 2. The smallest absolute Gasteiger partial charge is 0.0585 e. The summed E-state index contributed by atoms with van der Waals surface area (Å²) >= 11 is 0. The van der Waals surface area contributed by atoms with Crippen LogP contribution >= 0.6 is 0 Å². The number of para-hydroxylation sites is 2. The zero-order chi connectivity index (χ0) is 62.1. The van der Waals surface area contributed by atoms with Gasteiger partial charge < -0.3 is 19.3 Å². The molecule has 1 aliphatic rings. The van der Waals surface area contributed by atoms with Crippen LogP contribution in [0, 0.1) is 0 Å². The molecule has 94 heavy (non-hydrogen) atoms. The zero-order valence-electron chi connectivity index (χ0n) is 51.5. The van der Waals surface area contributed by atoms with Gasteiger partial charge in [0.25, 0.3) is 0 Å². The van der Waals surface area contributed by atoms with Crippen molar-refractivity contribution in [2.75, 3.05) is 14.7 Å². The lowest BCUT2D eigenvalue weighted by atomic mass is 9.90. The maximum Gasteiger partial charge on any atom is 0.0585 e. The first-order valence-electron chi connectivity index (χ1n) is 32.4. The van der Waals surface area contributed by atoms with Crippen LogP contribution in [0.15, 0.2) is 352 Å². The van der Waals surface area contributed by atoms with Crippen molar-refractivity contribution in [3.63, 3.8) is 0 Å². The number of hydrogen-bond acceptors (Lipinski definition) is 4. The molecule has 5 heteroatoms. The monoisotopic (exact) mass is 1200 g/mol. The summed E-state index contributed by atoms with van der Waals surface area (Å²) in [5.74, 6) is 0. The highest BCUT2D eigenvalue weighted by Crippen LogP contribution is 2.47. The van der Waals surface area contributed by atoms with Gasteiger partial charge in [-0.05, 0) is 209 Å². The molecule has 0 saturated carbocycles. The summed E-state index contributed by atoms with van der Waals surface area (Å²) in [4.78, 5) is 12.7. The Bertz CT molecular complexity index is 5440. The first kappa shape index (κ1) is 54.6. The van der Waals surface area contributed by atoms with E-state index in [1.807, 2.05) is 0 Å². The molecule has 442 valence electrons. The second-order valence-electron chi connectivity index (χ2n) is 24.8. The molecule has 0 fully saturated rings. The van der Waals surface area contributed by atoms with E-state index in [-0.39, 0.29) is 6.04 Å². The number of rotatable bonds is 12. The average Bonchev–Trinajstić information content (AvgIpc) is 1.20. The molecule has 0 amide bonds. The summed E-state index contributed by atoms with van der Waals surface area (Å²) in [6.07, 6.45) is 9.77. The number of anilines is 8. The largest absolute Gasteiger partial charge is 0.334 e. The zero-order valence-corrected chi connectivity index (χ0v) is 51.5. The molecule has 1 aliphatic carbocycles. The van der Waals surface area contributed by atoms with Crippen molar-refractivity contribution in [1.82, 2.24) is 9.55 Å². The Morgan fingerprint density at radius 1 is 0.277 bits per heavy atom. The molecule has 2 heterocycles. The Labute approximate surface area is 545 Å². The fourth-order valence-corrected chi connectivity index (χ4v) is 14.6. The van der Waals surface area contributed by atoms with Crippen LogP contribution < -0.4 is 14.7 Å². The van der Waals surface area contributed by atoms with Crippen molar-refractivity contribution in [3.8, 4) is 11.1 Å². The maximum absolute atomic E-state index is 5.29. The lowest BCUT2D eigenvalue weighted by molar-refractivity contribution is 0.794. The van der Waals surface area contributed by atoms with Crippen LogP contribution in [0.2, 0.25) is 0 Å². The van der Waals surface area contributed by atoms with Crippen molar-refractivity contribution in [3.05, 3.63) is 358 Å². The van der Waals surface area contributed by atoms with E-state index >= 15 is 0 Å². The lowest BCUT2D eigenvalue weighted by Gasteiger charge is -2.36. The van der Waals surface area contributed by atoms with E-state index in [1.54, 1.807) is 0 Å². The van der Waals surface area contributed by atoms with Crippen LogP contribution in [-0.2, 0) is 0 Å². The van der Waals surface area contributed by atoms with E-state index in [0.717, 1.165) is 78.9 Å².